The second-order valence-electron chi connectivity index (χ2n) is 5.30. The number of hydrogen-bond acceptors (Lipinski definition) is 3. The predicted molar refractivity (Wildman–Crippen MR) is 94.3 cm³/mol. The number of rotatable bonds is 5. The number of benzene rings is 2. The zero-order valence-corrected chi connectivity index (χ0v) is 14.7. The Morgan fingerprint density at radius 1 is 1.21 bits per heavy atom. The van der Waals surface area contributed by atoms with Crippen LogP contribution in [0, 0.1) is 11.3 Å². The van der Waals surface area contributed by atoms with Gasteiger partial charge in [0.2, 0.25) is 0 Å². The second-order valence-corrected chi connectivity index (χ2v) is 6.14. The maximum atomic E-state index is 12.3. The van der Waals surface area contributed by atoms with Crippen LogP contribution in [0.2, 0.25) is 10.0 Å². The molecule has 2 aromatic rings. The standard InChI is InChI=1S/C18H16Cl2N2O2/c1-11(16-7-6-14(19)9-17(16)20)22-18(23)12(2)24-15-5-3-4-13(8-15)10-21/h3-9,11-12H,1-2H3,(H,22,23)/t11-,12+/m1/s1. The topological polar surface area (TPSA) is 62.1 Å². The van der Waals surface area contributed by atoms with Crippen molar-refractivity contribution in [3.8, 4) is 11.8 Å². The first kappa shape index (κ1) is 18.1. The number of carbonyl (C=O) groups excluding carboxylic acids is 1. The maximum absolute atomic E-state index is 12.3. The molecule has 4 nitrogen and oxygen atoms in total. The monoisotopic (exact) mass is 362 g/mol. The van der Waals surface area contributed by atoms with Crippen LogP contribution in [0.3, 0.4) is 0 Å². The zero-order chi connectivity index (χ0) is 17.7. The minimum Gasteiger partial charge on any atom is -0.481 e. The van der Waals surface area contributed by atoms with Crippen molar-refractivity contribution in [2.45, 2.75) is 26.0 Å². The van der Waals surface area contributed by atoms with Crippen molar-refractivity contribution >= 4 is 29.1 Å². The van der Waals surface area contributed by atoms with Gasteiger partial charge in [0.05, 0.1) is 17.7 Å². The fourth-order valence-corrected chi connectivity index (χ4v) is 2.73. The van der Waals surface area contributed by atoms with Crippen LogP contribution in [0.1, 0.15) is 31.0 Å². The van der Waals surface area contributed by atoms with Crippen LogP contribution in [0.4, 0.5) is 0 Å². The molecule has 0 saturated carbocycles. The van der Waals surface area contributed by atoms with Gasteiger partial charge in [0, 0.05) is 10.0 Å². The normalized spacial score (nSPS) is 12.8. The quantitative estimate of drug-likeness (QED) is 0.850. The van der Waals surface area contributed by atoms with Crippen molar-refractivity contribution in [3.05, 3.63) is 63.6 Å². The Bertz CT molecular complexity index is 787. The Labute approximate surface area is 151 Å². The average Bonchev–Trinajstić information content (AvgIpc) is 2.54. The number of amides is 1. The van der Waals surface area contributed by atoms with Gasteiger partial charge in [-0.1, -0.05) is 35.3 Å². The largest absolute Gasteiger partial charge is 0.481 e. The lowest BCUT2D eigenvalue weighted by Gasteiger charge is -2.20. The number of hydrogen-bond donors (Lipinski definition) is 1. The number of nitrogens with zero attached hydrogens (tertiary/aromatic N) is 1. The van der Waals surface area contributed by atoms with Gasteiger partial charge in [-0.05, 0) is 49.7 Å². The molecule has 0 spiro atoms. The highest BCUT2D eigenvalue weighted by molar-refractivity contribution is 6.35. The molecule has 0 bridgehead atoms. The molecule has 124 valence electrons. The van der Waals surface area contributed by atoms with Gasteiger partial charge in [0.1, 0.15) is 5.75 Å². The van der Waals surface area contributed by atoms with Crippen molar-refractivity contribution in [3.63, 3.8) is 0 Å². The highest BCUT2D eigenvalue weighted by atomic mass is 35.5. The van der Waals surface area contributed by atoms with Gasteiger partial charge in [-0.15, -0.1) is 0 Å². The summed E-state index contributed by atoms with van der Waals surface area (Å²) < 4.78 is 5.59. The van der Waals surface area contributed by atoms with E-state index in [9.17, 15) is 4.79 Å². The summed E-state index contributed by atoms with van der Waals surface area (Å²) in [5, 5.41) is 12.8. The first-order valence-corrected chi connectivity index (χ1v) is 8.08. The van der Waals surface area contributed by atoms with Gasteiger partial charge < -0.3 is 10.1 Å². The van der Waals surface area contributed by atoms with Gasteiger partial charge in [-0.3, -0.25) is 4.79 Å². The summed E-state index contributed by atoms with van der Waals surface area (Å²) in [6, 6.07) is 13.5. The highest BCUT2D eigenvalue weighted by Crippen LogP contribution is 2.26. The van der Waals surface area contributed by atoms with Crippen molar-refractivity contribution in [2.24, 2.45) is 0 Å². The predicted octanol–water partition coefficient (Wildman–Crippen LogP) is 4.51. The second kappa shape index (κ2) is 8.05. The molecule has 6 heteroatoms. The van der Waals surface area contributed by atoms with Gasteiger partial charge in [-0.25, -0.2) is 0 Å². The zero-order valence-electron chi connectivity index (χ0n) is 13.2. The van der Waals surface area contributed by atoms with E-state index < -0.39 is 6.10 Å². The summed E-state index contributed by atoms with van der Waals surface area (Å²) in [4.78, 5) is 12.3. The molecule has 0 aliphatic heterocycles. The minimum absolute atomic E-state index is 0.282. The Balaban J connectivity index is 2.01. The third-order valence-corrected chi connectivity index (χ3v) is 4.00. The molecule has 0 aliphatic rings. The average molecular weight is 363 g/mol. The number of halogens is 2. The first-order chi connectivity index (χ1) is 11.4. The first-order valence-electron chi connectivity index (χ1n) is 7.33. The molecule has 24 heavy (non-hydrogen) atoms. The summed E-state index contributed by atoms with van der Waals surface area (Å²) >= 11 is 12.0. The molecule has 0 saturated heterocycles. The summed E-state index contributed by atoms with van der Waals surface area (Å²) in [6.45, 7) is 3.47. The lowest BCUT2D eigenvalue weighted by atomic mass is 10.1. The van der Waals surface area contributed by atoms with Crippen LogP contribution in [-0.2, 0) is 4.79 Å². The summed E-state index contributed by atoms with van der Waals surface area (Å²) in [6.07, 6.45) is -0.715. The van der Waals surface area contributed by atoms with E-state index in [0.717, 1.165) is 5.56 Å². The van der Waals surface area contributed by atoms with Gasteiger partial charge in [0.25, 0.3) is 5.91 Å². The van der Waals surface area contributed by atoms with Crippen molar-refractivity contribution in [2.75, 3.05) is 0 Å². The van der Waals surface area contributed by atoms with Crippen LogP contribution in [0.15, 0.2) is 42.5 Å². The molecular formula is C18H16Cl2N2O2. The van der Waals surface area contributed by atoms with Crippen molar-refractivity contribution in [1.29, 1.82) is 5.26 Å². The summed E-state index contributed by atoms with van der Waals surface area (Å²) in [7, 11) is 0. The van der Waals surface area contributed by atoms with Crippen LogP contribution in [0.5, 0.6) is 5.75 Å². The van der Waals surface area contributed by atoms with Crippen LogP contribution >= 0.6 is 23.2 Å². The van der Waals surface area contributed by atoms with E-state index in [-0.39, 0.29) is 11.9 Å². The van der Waals surface area contributed by atoms with Crippen LogP contribution < -0.4 is 10.1 Å². The van der Waals surface area contributed by atoms with E-state index in [1.54, 1.807) is 49.4 Å². The fraction of sp³-hybridized carbons (Fsp3) is 0.222. The molecule has 2 rings (SSSR count). The molecule has 0 fully saturated rings. The summed E-state index contributed by atoms with van der Waals surface area (Å²) in [5.41, 5.74) is 1.24. The molecule has 1 N–H and O–H groups in total. The van der Waals surface area contributed by atoms with Crippen molar-refractivity contribution in [1.82, 2.24) is 5.32 Å². The van der Waals surface area contributed by atoms with E-state index in [1.807, 2.05) is 13.0 Å². The van der Waals surface area contributed by atoms with Crippen molar-refractivity contribution < 1.29 is 9.53 Å². The fourth-order valence-electron chi connectivity index (χ4n) is 2.16. The Kier molecular flexibility index (Phi) is 6.08. The van der Waals surface area contributed by atoms with Crippen LogP contribution in [0.25, 0.3) is 0 Å². The van der Waals surface area contributed by atoms with E-state index >= 15 is 0 Å². The Morgan fingerprint density at radius 2 is 1.96 bits per heavy atom. The van der Waals surface area contributed by atoms with Gasteiger partial charge in [-0.2, -0.15) is 5.26 Å². The Morgan fingerprint density at radius 3 is 2.62 bits per heavy atom. The van der Waals surface area contributed by atoms with Gasteiger partial charge in [0.15, 0.2) is 6.10 Å². The molecule has 2 aromatic carbocycles. The lowest BCUT2D eigenvalue weighted by molar-refractivity contribution is -0.127. The molecule has 2 atom stereocenters. The third kappa shape index (κ3) is 4.64. The highest BCUT2D eigenvalue weighted by Gasteiger charge is 2.19. The SMILES string of the molecule is C[C@H](Oc1cccc(C#N)c1)C(=O)N[C@H](C)c1ccc(Cl)cc1Cl. The lowest BCUT2D eigenvalue weighted by Crippen LogP contribution is -2.37. The molecule has 0 aromatic heterocycles. The number of nitrogens with one attached hydrogen (secondary N) is 1. The van der Waals surface area contributed by atoms with E-state index in [1.165, 1.54) is 0 Å². The molecule has 0 heterocycles. The molecule has 0 radical (unpaired) electrons. The number of carbonyl (C=O) groups is 1. The van der Waals surface area contributed by atoms with E-state index in [4.69, 9.17) is 33.2 Å². The summed E-state index contributed by atoms with van der Waals surface area (Å²) in [5.74, 6) is 0.185. The van der Waals surface area contributed by atoms with Crippen LogP contribution in [-0.4, -0.2) is 12.0 Å². The molecular weight excluding hydrogens is 347 g/mol. The Hall–Kier alpha value is -2.22. The maximum Gasteiger partial charge on any atom is 0.261 e. The van der Waals surface area contributed by atoms with Gasteiger partial charge >= 0.3 is 0 Å². The van der Waals surface area contributed by atoms with E-state index in [2.05, 4.69) is 5.32 Å². The molecule has 0 aliphatic carbocycles. The number of nitriles is 1. The minimum atomic E-state index is -0.715. The number of ether oxygens (including phenoxy) is 1. The van der Waals surface area contributed by atoms with E-state index in [0.29, 0.717) is 21.4 Å². The molecule has 1 amide bonds. The smallest absolute Gasteiger partial charge is 0.261 e. The third-order valence-electron chi connectivity index (χ3n) is 3.43. The molecule has 0 unspecified atom stereocenters.